The predicted molar refractivity (Wildman–Crippen MR) is 119 cm³/mol. The van der Waals surface area contributed by atoms with Crippen LogP contribution in [0.3, 0.4) is 0 Å². The Hall–Kier alpha value is -1.80. The van der Waals surface area contributed by atoms with Gasteiger partial charge in [0.2, 0.25) is 0 Å². The first-order valence-corrected chi connectivity index (χ1v) is 11.6. The van der Waals surface area contributed by atoms with E-state index in [0.717, 1.165) is 45.0 Å². The first-order chi connectivity index (χ1) is 14.1. The molecule has 0 saturated carbocycles. The molecule has 162 valence electrons. The second kappa shape index (κ2) is 10.8. The maximum absolute atomic E-state index is 11.9. The van der Waals surface area contributed by atoms with Crippen molar-refractivity contribution < 1.29 is 9.53 Å². The zero-order chi connectivity index (χ0) is 20.6. The Labute approximate surface area is 178 Å². The minimum absolute atomic E-state index is 0.200. The average Bonchev–Trinajstić information content (AvgIpc) is 3.26. The number of guanidine groups is 1. The first-order valence-electron chi connectivity index (χ1n) is 10.7. The number of aliphatic imine (C=N–C) groups is 1. The molecule has 0 bridgehead atoms. The zero-order valence-corrected chi connectivity index (χ0v) is 18.7. The van der Waals surface area contributed by atoms with Crippen LogP contribution in [0, 0.1) is 5.92 Å². The highest BCUT2D eigenvalue weighted by molar-refractivity contribution is 7.10. The van der Waals surface area contributed by atoms with Gasteiger partial charge in [-0.05, 0) is 63.6 Å². The van der Waals surface area contributed by atoms with Crippen molar-refractivity contribution in [3.8, 4) is 0 Å². The Morgan fingerprint density at radius 1 is 1.31 bits per heavy atom. The molecular weight excluding hydrogens is 386 g/mol. The van der Waals surface area contributed by atoms with Gasteiger partial charge in [0.05, 0.1) is 6.61 Å². The van der Waals surface area contributed by atoms with E-state index < -0.39 is 0 Å². The van der Waals surface area contributed by atoms with Gasteiger partial charge >= 0.3 is 6.09 Å². The molecule has 1 amide bonds. The molecule has 29 heavy (non-hydrogen) atoms. The van der Waals surface area contributed by atoms with Crippen molar-refractivity contribution in [1.29, 1.82) is 0 Å². The van der Waals surface area contributed by atoms with Crippen molar-refractivity contribution in [2.45, 2.75) is 44.7 Å². The molecule has 7 nitrogen and oxygen atoms in total. The molecule has 1 aromatic heterocycles. The van der Waals surface area contributed by atoms with Gasteiger partial charge in [0.25, 0.3) is 0 Å². The minimum Gasteiger partial charge on any atom is -0.450 e. The molecule has 0 spiro atoms. The number of rotatable bonds is 5. The van der Waals surface area contributed by atoms with Crippen LogP contribution in [0.5, 0.6) is 0 Å². The van der Waals surface area contributed by atoms with E-state index in [9.17, 15) is 4.79 Å². The quantitative estimate of drug-likeness (QED) is 0.565. The number of piperidine rings is 2. The van der Waals surface area contributed by atoms with Crippen molar-refractivity contribution in [3.63, 3.8) is 0 Å². The Balaban J connectivity index is 1.48. The number of carbonyl (C=O) groups is 1. The number of likely N-dealkylation sites (tertiary alicyclic amines) is 2. The summed E-state index contributed by atoms with van der Waals surface area (Å²) in [5, 5.41) is 9.28. The number of thiophene rings is 1. The summed E-state index contributed by atoms with van der Waals surface area (Å²) in [6, 6.07) is 5.21. The molecule has 0 aliphatic carbocycles. The third-order valence-corrected chi connectivity index (χ3v) is 6.90. The predicted octanol–water partition coefficient (Wildman–Crippen LogP) is 2.92. The van der Waals surface area contributed by atoms with Crippen LogP contribution in [0.1, 0.15) is 43.5 Å². The fourth-order valence-electron chi connectivity index (χ4n) is 4.42. The molecule has 1 aromatic rings. The van der Waals surface area contributed by atoms with Crippen molar-refractivity contribution in [2.75, 3.05) is 46.9 Å². The Morgan fingerprint density at radius 2 is 2.10 bits per heavy atom. The average molecular weight is 422 g/mol. The standard InChI is InChI=1S/C21H35N5O2S/c1-4-28-21(27)26-12-9-17(10-13-26)24-20(22-2)23-15-16-7-5-11-25(3)19(16)18-8-6-14-29-18/h6,8,14,16-17,19H,4-5,7,9-13,15H2,1-3H3,(H2,22,23,24). The largest absolute Gasteiger partial charge is 0.450 e. The molecule has 3 rings (SSSR count). The Bertz CT molecular complexity index is 658. The number of ether oxygens (including phenoxy) is 1. The maximum Gasteiger partial charge on any atom is 0.409 e. The monoisotopic (exact) mass is 421 g/mol. The van der Waals surface area contributed by atoms with Crippen LogP contribution in [0.15, 0.2) is 22.5 Å². The van der Waals surface area contributed by atoms with Crippen LogP contribution in [0.25, 0.3) is 0 Å². The van der Waals surface area contributed by atoms with Gasteiger partial charge in [0.15, 0.2) is 5.96 Å². The highest BCUT2D eigenvalue weighted by atomic mass is 32.1. The van der Waals surface area contributed by atoms with Gasteiger partial charge in [-0.15, -0.1) is 11.3 Å². The molecule has 0 aromatic carbocycles. The summed E-state index contributed by atoms with van der Waals surface area (Å²) >= 11 is 1.85. The summed E-state index contributed by atoms with van der Waals surface area (Å²) in [5.74, 6) is 1.43. The normalized spacial score (nSPS) is 24.4. The number of hydrogen-bond donors (Lipinski definition) is 2. The number of nitrogens with zero attached hydrogens (tertiary/aromatic N) is 3. The van der Waals surface area contributed by atoms with Crippen molar-refractivity contribution in [1.82, 2.24) is 20.4 Å². The number of carbonyl (C=O) groups excluding carboxylic acids is 1. The third-order valence-electron chi connectivity index (χ3n) is 5.96. The van der Waals surface area contributed by atoms with E-state index in [2.05, 4.69) is 45.1 Å². The van der Waals surface area contributed by atoms with Crippen LogP contribution in [-0.4, -0.2) is 74.8 Å². The van der Waals surface area contributed by atoms with Crippen molar-refractivity contribution >= 4 is 23.4 Å². The molecule has 2 N–H and O–H groups in total. The SMILES string of the molecule is CCOC(=O)N1CCC(NC(=NC)NCC2CCCN(C)C2c2cccs2)CC1. The van der Waals surface area contributed by atoms with Gasteiger partial charge in [0.1, 0.15) is 0 Å². The first kappa shape index (κ1) is 21.9. The molecule has 2 saturated heterocycles. The van der Waals surface area contributed by atoms with E-state index in [1.54, 1.807) is 4.90 Å². The molecule has 2 atom stereocenters. The van der Waals surface area contributed by atoms with Crippen LogP contribution in [0.2, 0.25) is 0 Å². The zero-order valence-electron chi connectivity index (χ0n) is 17.9. The molecule has 0 radical (unpaired) electrons. The number of nitrogens with one attached hydrogen (secondary N) is 2. The van der Waals surface area contributed by atoms with Gasteiger partial charge in [-0.2, -0.15) is 0 Å². The van der Waals surface area contributed by atoms with Gasteiger partial charge in [-0.3, -0.25) is 9.89 Å². The lowest BCUT2D eigenvalue weighted by Crippen LogP contribution is -2.51. The minimum atomic E-state index is -0.200. The molecule has 8 heteroatoms. The van der Waals surface area contributed by atoms with Crippen molar-refractivity contribution in [3.05, 3.63) is 22.4 Å². The van der Waals surface area contributed by atoms with Gasteiger partial charge < -0.3 is 20.3 Å². The fourth-order valence-corrected chi connectivity index (χ4v) is 5.40. The van der Waals surface area contributed by atoms with Crippen molar-refractivity contribution in [2.24, 2.45) is 10.9 Å². The molecule has 2 aliphatic rings. The lowest BCUT2D eigenvalue weighted by molar-refractivity contribution is 0.0962. The summed E-state index contributed by atoms with van der Waals surface area (Å²) < 4.78 is 5.10. The Morgan fingerprint density at radius 3 is 2.76 bits per heavy atom. The number of hydrogen-bond acceptors (Lipinski definition) is 5. The summed E-state index contributed by atoms with van der Waals surface area (Å²) in [5.41, 5.74) is 0. The van der Waals surface area contributed by atoms with E-state index in [1.165, 1.54) is 17.7 Å². The van der Waals surface area contributed by atoms with Crippen LogP contribution in [-0.2, 0) is 4.74 Å². The maximum atomic E-state index is 11.9. The van der Waals surface area contributed by atoms with Crippen LogP contribution in [0.4, 0.5) is 4.79 Å². The van der Waals surface area contributed by atoms with Gasteiger partial charge in [0, 0.05) is 43.6 Å². The summed E-state index contributed by atoms with van der Waals surface area (Å²) in [6.07, 6.45) is 4.08. The summed E-state index contributed by atoms with van der Waals surface area (Å²) in [4.78, 5) is 22.0. The van der Waals surface area contributed by atoms with Gasteiger partial charge in [-0.25, -0.2) is 4.79 Å². The third kappa shape index (κ3) is 5.85. The molecule has 2 unspecified atom stereocenters. The second-order valence-electron chi connectivity index (χ2n) is 7.90. The van der Waals surface area contributed by atoms with E-state index in [4.69, 9.17) is 4.74 Å². The Kier molecular flexibility index (Phi) is 8.18. The highest BCUT2D eigenvalue weighted by Gasteiger charge is 2.31. The van der Waals surface area contributed by atoms with E-state index in [0.29, 0.717) is 24.6 Å². The second-order valence-corrected chi connectivity index (χ2v) is 8.88. The lowest BCUT2D eigenvalue weighted by Gasteiger charge is -2.39. The smallest absolute Gasteiger partial charge is 0.409 e. The van der Waals surface area contributed by atoms with Crippen LogP contribution >= 0.6 is 11.3 Å². The molecule has 2 aliphatic heterocycles. The molecular formula is C21H35N5O2S. The summed E-state index contributed by atoms with van der Waals surface area (Å²) in [7, 11) is 4.06. The fraction of sp³-hybridized carbons (Fsp3) is 0.714. The summed E-state index contributed by atoms with van der Waals surface area (Å²) in [6.45, 7) is 5.79. The van der Waals surface area contributed by atoms with E-state index in [1.807, 2.05) is 25.3 Å². The van der Waals surface area contributed by atoms with E-state index in [-0.39, 0.29) is 6.09 Å². The molecule has 3 heterocycles. The van der Waals surface area contributed by atoms with E-state index >= 15 is 0 Å². The van der Waals surface area contributed by atoms with Gasteiger partial charge in [-0.1, -0.05) is 6.07 Å². The molecule has 2 fully saturated rings. The number of amides is 1. The lowest BCUT2D eigenvalue weighted by atomic mass is 9.88. The topological polar surface area (TPSA) is 69.2 Å². The highest BCUT2D eigenvalue weighted by Crippen LogP contribution is 2.36. The van der Waals surface area contributed by atoms with Crippen LogP contribution < -0.4 is 10.6 Å².